The third kappa shape index (κ3) is 3.10. The van der Waals surface area contributed by atoms with Crippen molar-refractivity contribution in [1.82, 2.24) is 19.7 Å². The van der Waals surface area contributed by atoms with Crippen molar-refractivity contribution in [2.75, 3.05) is 5.32 Å². The molecule has 3 rings (SSSR count). The Balaban J connectivity index is 2.03. The molecule has 2 N–H and O–H groups in total. The number of rotatable bonds is 3. The zero-order valence-electron chi connectivity index (χ0n) is 14.2. The highest BCUT2D eigenvalue weighted by molar-refractivity contribution is 6.04. The van der Waals surface area contributed by atoms with Crippen LogP contribution in [0.3, 0.4) is 0 Å². The number of H-pyrrole nitrogens is 1. The van der Waals surface area contributed by atoms with Crippen LogP contribution in [-0.2, 0) is 0 Å². The number of carbonyl (C=O) groups excluding carboxylic acids is 1. The van der Waals surface area contributed by atoms with Crippen LogP contribution in [0.1, 0.15) is 27.3 Å². The van der Waals surface area contributed by atoms with Crippen molar-refractivity contribution in [2.45, 2.75) is 20.8 Å². The van der Waals surface area contributed by atoms with Gasteiger partial charge in [0.25, 0.3) is 11.5 Å². The second kappa shape index (κ2) is 6.51. The summed E-state index contributed by atoms with van der Waals surface area (Å²) in [5.41, 5.74) is 0.402. The van der Waals surface area contributed by atoms with E-state index in [4.69, 9.17) is 0 Å². The molecule has 7 nitrogen and oxygen atoms in total. The molecule has 1 aromatic carbocycles. The molecule has 0 radical (unpaired) electrons. The Labute approximate surface area is 146 Å². The van der Waals surface area contributed by atoms with Gasteiger partial charge in [0.05, 0.1) is 5.69 Å². The van der Waals surface area contributed by atoms with E-state index >= 15 is 0 Å². The highest BCUT2D eigenvalue weighted by atomic mass is 19.1. The Morgan fingerprint density at radius 2 is 1.85 bits per heavy atom. The van der Waals surface area contributed by atoms with Gasteiger partial charge < -0.3 is 5.32 Å². The largest absolute Gasteiger partial charge is 0.306 e. The van der Waals surface area contributed by atoms with Crippen molar-refractivity contribution in [1.29, 1.82) is 0 Å². The van der Waals surface area contributed by atoms with Gasteiger partial charge in [0, 0.05) is 17.3 Å². The van der Waals surface area contributed by atoms with Gasteiger partial charge in [-0.1, -0.05) is 6.07 Å². The zero-order valence-corrected chi connectivity index (χ0v) is 14.2. The molecule has 0 aliphatic heterocycles. The van der Waals surface area contributed by atoms with E-state index < -0.39 is 23.1 Å². The van der Waals surface area contributed by atoms with Gasteiger partial charge in [0.1, 0.15) is 23.0 Å². The van der Waals surface area contributed by atoms with Crippen molar-refractivity contribution in [3.63, 3.8) is 0 Å². The normalized spacial score (nSPS) is 10.8. The van der Waals surface area contributed by atoms with Crippen molar-refractivity contribution in [3.05, 3.63) is 68.8 Å². The van der Waals surface area contributed by atoms with Crippen LogP contribution in [-0.4, -0.2) is 25.7 Å². The molecule has 3 aromatic rings. The van der Waals surface area contributed by atoms with Gasteiger partial charge in [-0.05, 0) is 32.9 Å². The molecule has 9 heteroatoms. The van der Waals surface area contributed by atoms with Crippen LogP contribution in [0.2, 0.25) is 0 Å². The highest BCUT2D eigenvalue weighted by Gasteiger charge is 2.20. The number of aryl methyl sites for hydroxylation is 2. The van der Waals surface area contributed by atoms with Crippen LogP contribution in [0.4, 0.5) is 14.6 Å². The Morgan fingerprint density at radius 3 is 2.46 bits per heavy atom. The number of aromatic nitrogens is 4. The Kier molecular flexibility index (Phi) is 4.37. The summed E-state index contributed by atoms with van der Waals surface area (Å²) in [6, 6.07) is 4.64. The number of hydrogen-bond donors (Lipinski definition) is 2. The Hall–Kier alpha value is -3.36. The first kappa shape index (κ1) is 17.5. The first-order valence-corrected chi connectivity index (χ1v) is 7.68. The molecule has 1 amide bonds. The van der Waals surface area contributed by atoms with Crippen LogP contribution in [0.25, 0.3) is 5.95 Å². The van der Waals surface area contributed by atoms with Crippen molar-refractivity contribution < 1.29 is 13.6 Å². The fourth-order valence-electron chi connectivity index (χ4n) is 2.37. The number of benzene rings is 1. The first-order chi connectivity index (χ1) is 12.3. The van der Waals surface area contributed by atoms with E-state index in [1.54, 1.807) is 20.8 Å². The molecular formula is C17H15F2N5O2. The maximum atomic E-state index is 13.8. The number of halogens is 2. The molecular weight excluding hydrogens is 344 g/mol. The quantitative estimate of drug-likeness (QED) is 0.751. The molecule has 2 heterocycles. The van der Waals surface area contributed by atoms with E-state index in [0.29, 0.717) is 17.0 Å². The van der Waals surface area contributed by atoms with Crippen LogP contribution >= 0.6 is 0 Å². The van der Waals surface area contributed by atoms with Crippen LogP contribution in [0.5, 0.6) is 0 Å². The second-order valence-electron chi connectivity index (χ2n) is 5.73. The van der Waals surface area contributed by atoms with Crippen molar-refractivity contribution in [2.24, 2.45) is 0 Å². The van der Waals surface area contributed by atoms with E-state index in [0.717, 1.165) is 12.1 Å². The Bertz CT molecular complexity index is 1050. The lowest BCUT2D eigenvalue weighted by atomic mass is 10.2. The number of aromatic amines is 1. The minimum absolute atomic E-state index is 0.0792. The molecule has 0 aliphatic carbocycles. The highest BCUT2D eigenvalue weighted by Crippen LogP contribution is 2.18. The number of hydrogen-bond acceptors (Lipinski definition) is 4. The predicted molar refractivity (Wildman–Crippen MR) is 90.5 cm³/mol. The monoisotopic (exact) mass is 359 g/mol. The summed E-state index contributed by atoms with van der Waals surface area (Å²) in [7, 11) is 0. The van der Waals surface area contributed by atoms with Crippen LogP contribution in [0.15, 0.2) is 29.1 Å². The molecule has 134 valence electrons. The molecule has 0 unspecified atom stereocenters. The third-order valence-electron chi connectivity index (χ3n) is 3.85. The summed E-state index contributed by atoms with van der Waals surface area (Å²) < 4.78 is 28.8. The summed E-state index contributed by atoms with van der Waals surface area (Å²) in [6.45, 7) is 4.95. The summed E-state index contributed by atoms with van der Waals surface area (Å²) >= 11 is 0. The SMILES string of the molecule is Cc1cc(NC(=O)c2c(F)cccc2F)n(-c2nc(C)c(C)c(=O)[nH]2)n1. The third-order valence-corrected chi connectivity index (χ3v) is 3.85. The van der Waals surface area contributed by atoms with Gasteiger partial charge in [-0.3, -0.25) is 14.6 Å². The fraction of sp³-hybridized carbons (Fsp3) is 0.176. The molecule has 0 atom stereocenters. The van der Waals surface area contributed by atoms with E-state index in [1.807, 2.05) is 0 Å². The van der Waals surface area contributed by atoms with E-state index in [9.17, 15) is 18.4 Å². The summed E-state index contributed by atoms with van der Waals surface area (Å²) in [6.07, 6.45) is 0. The molecule has 0 aliphatic rings. The first-order valence-electron chi connectivity index (χ1n) is 7.68. The number of nitrogens with zero attached hydrogens (tertiary/aromatic N) is 3. The maximum absolute atomic E-state index is 13.8. The van der Waals surface area contributed by atoms with Gasteiger partial charge >= 0.3 is 0 Å². The van der Waals surface area contributed by atoms with Crippen molar-refractivity contribution in [3.8, 4) is 5.95 Å². The van der Waals surface area contributed by atoms with E-state index in [1.165, 1.54) is 16.8 Å². The molecule has 0 saturated heterocycles. The second-order valence-corrected chi connectivity index (χ2v) is 5.73. The average Bonchev–Trinajstić information content (AvgIpc) is 2.92. The summed E-state index contributed by atoms with van der Waals surface area (Å²) in [5, 5.41) is 6.57. The molecule has 0 fully saturated rings. The van der Waals surface area contributed by atoms with Gasteiger partial charge in [-0.2, -0.15) is 9.78 Å². The lowest BCUT2D eigenvalue weighted by Gasteiger charge is -2.10. The molecule has 0 spiro atoms. The lowest BCUT2D eigenvalue weighted by molar-refractivity contribution is 0.101. The summed E-state index contributed by atoms with van der Waals surface area (Å²) in [4.78, 5) is 31.1. The zero-order chi connectivity index (χ0) is 19.0. The van der Waals surface area contributed by atoms with Gasteiger partial charge in [0.2, 0.25) is 5.95 Å². The topological polar surface area (TPSA) is 92.7 Å². The standard InChI is InChI=1S/C17H15F2N5O2/c1-8-7-13(21-16(26)14-11(18)5-4-6-12(14)19)24(23-8)17-20-10(3)9(2)15(25)22-17/h4-7H,1-3H3,(H,21,26)(H,20,22,25). The van der Waals surface area contributed by atoms with Gasteiger partial charge in [0.15, 0.2) is 0 Å². The summed E-state index contributed by atoms with van der Waals surface area (Å²) in [5.74, 6) is -2.75. The number of anilines is 1. The molecule has 0 bridgehead atoms. The fourth-order valence-corrected chi connectivity index (χ4v) is 2.37. The number of carbonyl (C=O) groups is 1. The van der Waals surface area contributed by atoms with E-state index in [-0.39, 0.29) is 17.3 Å². The smallest absolute Gasteiger partial charge is 0.262 e. The minimum Gasteiger partial charge on any atom is -0.306 e. The Morgan fingerprint density at radius 1 is 1.19 bits per heavy atom. The van der Waals surface area contributed by atoms with Gasteiger partial charge in [-0.25, -0.2) is 13.8 Å². The maximum Gasteiger partial charge on any atom is 0.262 e. The van der Waals surface area contributed by atoms with Crippen molar-refractivity contribution >= 4 is 11.7 Å². The van der Waals surface area contributed by atoms with Crippen LogP contribution in [0, 0.1) is 32.4 Å². The number of nitrogens with one attached hydrogen (secondary N) is 2. The molecule has 26 heavy (non-hydrogen) atoms. The lowest BCUT2D eigenvalue weighted by Crippen LogP contribution is -2.21. The van der Waals surface area contributed by atoms with Gasteiger partial charge in [-0.15, -0.1) is 0 Å². The van der Waals surface area contributed by atoms with Crippen LogP contribution < -0.4 is 10.9 Å². The van der Waals surface area contributed by atoms with E-state index in [2.05, 4.69) is 20.4 Å². The predicted octanol–water partition coefficient (Wildman–Crippen LogP) is 2.41. The average molecular weight is 359 g/mol. The number of amides is 1. The minimum atomic E-state index is -0.983. The molecule has 2 aromatic heterocycles. The molecule has 0 saturated carbocycles.